The average molecular weight is 290 g/mol. The number of carbonyl (C=O) groups excluding carboxylic acids is 1. The Bertz CT molecular complexity index is 486. The Morgan fingerprint density at radius 1 is 1.14 bits per heavy atom. The first-order valence-corrected chi connectivity index (χ1v) is 7.75. The number of benzene rings is 1. The SMILES string of the molecule is CCC(C)(C)NC(=O)C(C)Nc1ccccc1C(C)(C)C. The third-order valence-electron chi connectivity index (χ3n) is 3.85. The van der Waals surface area contributed by atoms with Crippen molar-refractivity contribution in [2.45, 2.75) is 71.9 Å². The zero-order valence-electron chi connectivity index (χ0n) is 14.5. The molecule has 1 rings (SSSR count). The molecule has 1 aromatic carbocycles. The second-order valence-corrected chi connectivity index (χ2v) is 7.39. The molecule has 0 aliphatic carbocycles. The summed E-state index contributed by atoms with van der Waals surface area (Å²) in [5.74, 6) is 0.0329. The third kappa shape index (κ3) is 5.07. The summed E-state index contributed by atoms with van der Waals surface area (Å²) in [6.07, 6.45) is 0.907. The molecule has 0 heterocycles. The van der Waals surface area contributed by atoms with Crippen LogP contribution < -0.4 is 10.6 Å². The van der Waals surface area contributed by atoms with E-state index < -0.39 is 0 Å². The Morgan fingerprint density at radius 2 is 1.71 bits per heavy atom. The first-order valence-electron chi connectivity index (χ1n) is 7.75. The Morgan fingerprint density at radius 3 is 2.24 bits per heavy atom. The first-order chi connectivity index (χ1) is 9.57. The van der Waals surface area contributed by atoms with Gasteiger partial charge in [0, 0.05) is 11.2 Å². The van der Waals surface area contributed by atoms with Crippen LogP contribution in [-0.2, 0) is 10.2 Å². The highest BCUT2D eigenvalue weighted by molar-refractivity contribution is 5.85. The molecule has 1 amide bonds. The van der Waals surface area contributed by atoms with Gasteiger partial charge >= 0.3 is 0 Å². The van der Waals surface area contributed by atoms with Crippen LogP contribution in [0.2, 0.25) is 0 Å². The van der Waals surface area contributed by atoms with Gasteiger partial charge in [-0.25, -0.2) is 0 Å². The fraction of sp³-hybridized carbons (Fsp3) is 0.611. The van der Waals surface area contributed by atoms with Crippen molar-refractivity contribution in [3.8, 4) is 0 Å². The molecule has 0 aromatic heterocycles. The summed E-state index contributed by atoms with van der Waals surface area (Å²) in [6, 6.07) is 7.92. The van der Waals surface area contributed by atoms with Crippen LogP contribution >= 0.6 is 0 Å². The summed E-state index contributed by atoms with van der Waals surface area (Å²) < 4.78 is 0. The summed E-state index contributed by atoms with van der Waals surface area (Å²) in [6.45, 7) is 14.6. The molecule has 118 valence electrons. The van der Waals surface area contributed by atoms with Crippen molar-refractivity contribution in [3.05, 3.63) is 29.8 Å². The molecule has 0 bridgehead atoms. The van der Waals surface area contributed by atoms with Gasteiger partial charge in [-0.1, -0.05) is 45.9 Å². The minimum absolute atomic E-state index is 0.0329. The van der Waals surface area contributed by atoms with E-state index in [-0.39, 0.29) is 22.9 Å². The molecule has 3 nitrogen and oxygen atoms in total. The highest BCUT2D eigenvalue weighted by Gasteiger charge is 2.23. The standard InChI is InChI=1S/C18H30N2O/c1-8-18(6,7)20-16(21)13(2)19-15-12-10-9-11-14(15)17(3,4)5/h9-13,19H,8H2,1-7H3,(H,20,21). The fourth-order valence-electron chi connectivity index (χ4n) is 2.09. The molecule has 2 N–H and O–H groups in total. The van der Waals surface area contributed by atoms with Crippen molar-refractivity contribution in [1.82, 2.24) is 5.32 Å². The van der Waals surface area contributed by atoms with E-state index in [1.807, 2.05) is 39.0 Å². The maximum absolute atomic E-state index is 12.3. The molecule has 0 spiro atoms. The van der Waals surface area contributed by atoms with Crippen molar-refractivity contribution in [3.63, 3.8) is 0 Å². The van der Waals surface area contributed by atoms with Crippen LogP contribution in [0.3, 0.4) is 0 Å². The lowest BCUT2D eigenvalue weighted by Crippen LogP contribution is -2.48. The van der Waals surface area contributed by atoms with Crippen LogP contribution in [0.15, 0.2) is 24.3 Å². The quantitative estimate of drug-likeness (QED) is 0.857. The van der Waals surface area contributed by atoms with Gasteiger partial charge in [0.05, 0.1) is 0 Å². The molecule has 0 saturated carbocycles. The summed E-state index contributed by atoms with van der Waals surface area (Å²) in [5.41, 5.74) is 2.13. The zero-order valence-corrected chi connectivity index (χ0v) is 14.5. The summed E-state index contributed by atoms with van der Waals surface area (Å²) >= 11 is 0. The van der Waals surface area contributed by atoms with E-state index in [2.05, 4.69) is 44.4 Å². The molecule has 0 radical (unpaired) electrons. The Balaban J connectivity index is 2.85. The van der Waals surface area contributed by atoms with Crippen molar-refractivity contribution in [2.75, 3.05) is 5.32 Å². The van der Waals surface area contributed by atoms with Gasteiger partial charge in [-0.2, -0.15) is 0 Å². The maximum atomic E-state index is 12.3. The van der Waals surface area contributed by atoms with Crippen molar-refractivity contribution >= 4 is 11.6 Å². The molecule has 1 unspecified atom stereocenters. The Labute approximate surface area is 129 Å². The van der Waals surface area contributed by atoms with Crippen molar-refractivity contribution < 1.29 is 4.79 Å². The van der Waals surface area contributed by atoms with Crippen LogP contribution in [0.25, 0.3) is 0 Å². The molecular weight excluding hydrogens is 260 g/mol. The predicted octanol–water partition coefficient (Wildman–Crippen LogP) is 4.09. The highest BCUT2D eigenvalue weighted by atomic mass is 16.2. The minimum Gasteiger partial charge on any atom is -0.374 e. The van der Waals surface area contributed by atoms with E-state index in [4.69, 9.17) is 0 Å². The number of rotatable bonds is 5. The van der Waals surface area contributed by atoms with E-state index in [0.29, 0.717) is 0 Å². The Hall–Kier alpha value is -1.51. The number of amides is 1. The van der Waals surface area contributed by atoms with Gasteiger partial charge in [-0.15, -0.1) is 0 Å². The largest absolute Gasteiger partial charge is 0.374 e. The number of anilines is 1. The van der Waals surface area contributed by atoms with E-state index in [1.54, 1.807) is 0 Å². The molecule has 0 fully saturated rings. The van der Waals surface area contributed by atoms with Crippen molar-refractivity contribution in [2.24, 2.45) is 0 Å². The fourth-order valence-corrected chi connectivity index (χ4v) is 2.09. The van der Waals surface area contributed by atoms with Crippen LogP contribution in [0.4, 0.5) is 5.69 Å². The zero-order chi connectivity index (χ0) is 16.3. The van der Waals surface area contributed by atoms with Gasteiger partial charge in [-0.3, -0.25) is 4.79 Å². The van der Waals surface area contributed by atoms with E-state index in [9.17, 15) is 4.79 Å². The van der Waals surface area contributed by atoms with Crippen LogP contribution in [0, 0.1) is 0 Å². The third-order valence-corrected chi connectivity index (χ3v) is 3.85. The molecule has 0 aliphatic heterocycles. The van der Waals surface area contributed by atoms with Crippen LogP contribution in [-0.4, -0.2) is 17.5 Å². The topological polar surface area (TPSA) is 41.1 Å². The van der Waals surface area contributed by atoms with E-state index >= 15 is 0 Å². The van der Waals surface area contributed by atoms with Gasteiger partial charge in [0.2, 0.25) is 5.91 Å². The number of hydrogen-bond acceptors (Lipinski definition) is 2. The molecule has 0 aliphatic rings. The summed E-state index contributed by atoms with van der Waals surface area (Å²) in [4.78, 5) is 12.3. The molecule has 3 heteroatoms. The molecule has 21 heavy (non-hydrogen) atoms. The van der Waals surface area contributed by atoms with Crippen molar-refractivity contribution in [1.29, 1.82) is 0 Å². The predicted molar refractivity (Wildman–Crippen MR) is 90.7 cm³/mol. The highest BCUT2D eigenvalue weighted by Crippen LogP contribution is 2.29. The van der Waals surface area contributed by atoms with Gasteiger partial charge in [-0.05, 0) is 44.2 Å². The van der Waals surface area contributed by atoms with E-state index in [1.165, 1.54) is 5.56 Å². The van der Waals surface area contributed by atoms with Gasteiger partial charge in [0.15, 0.2) is 0 Å². The minimum atomic E-state index is -0.265. The number of nitrogens with one attached hydrogen (secondary N) is 2. The lowest BCUT2D eigenvalue weighted by molar-refractivity contribution is -0.123. The molecule has 1 atom stereocenters. The normalized spacial score (nSPS) is 13.7. The van der Waals surface area contributed by atoms with Gasteiger partial charge in [0.1, 0.15) is 6.04 Å². The number of para-hydroxylation sites is 1. The number of hydrogen-bond donors (Lipinski definition) is 2. The monoisotopic (exact) mass is 290 g/mol. The first kappa shape index (κ1) is 17.5. The average Bonchev–Trinajstić information content (AvgIpc) is 2.37. The lowest BCUT2D eigenvalue weighted by atomic mass is 9.85. The smallest absolute Gasteiger partial charge is 0.242 e. The summed E-state index contributed by atoms with van der Waals surface area (Å²) in [5, 5.41) is 6.43. The molecular formula is C18H30N2O. The second-order valence-electron chi connectivity index (χ2n) is 7.39. The lowest BCUT2D eigenvalue weighted by Gasteiger charge is -2.29. The maximum Gasteiger partial charge on any atom is 0.242 e. The van der Waals surface area contributed by atoms with Gasteiger partial charge in [0.25, 0.3) is 0 Å². The molecule has 1 aromatic rings. The summed E-state index contributed by atoms with van der Waals surface area (Å²) in [7, 11) is 0. The molecule has 0 saturated heterocycles. The Kier molecular flexibility index (Phi) is 5.43. The number of carbonyl (C=O) groups is 1. The van der Waals surface area contributed by atoms with Gasteiger partial charge < -0.3 is 10.6 Å². The van der Waals surface area contributed by atoms with Crippen LogP contribution in [0.1, 0.15) is 60.5 Å². The van der Waals surface area contributed by atoms with Crippen LogP contribution in [0.5, 0.6) is 0 Å². The van der Waals surface area contributed by atoms with E-state index in [0.717, 1.165) is 12.1 Å². The second kappa shape index (κ2) is 6.50.